The molecule has 0 aromatic heterocycles. The summed E-state index contributed by atoms with van der Waals surface area (Å²) < 4.78 is 0. The van der Waals surface area contributed by atoms with Crippen LogP contribution in [0, 0.1) is 37.5 Å². The number of hydrogen-bond acceptors (Lipinski definition) is 1. The number of aryl methyl sites for hydroxylation is 1. The summed E-state index contributed by atoms with van der Waals surface area (Å²) in [5.41, 5.74) is 4.24. The first-order valence-electron chi connectivity index (χ1n) is 8.03. The second kappa shape index (κ2) is 4.26. The Bertz CT molecular complexity index is 462. The SMILES string of the molecule is Cc1cccc(NC2C3CC4CC(C3)CC2C4)c1C. The Balaban J connectivity index is 1.58. The lowest BCUT2D eigenvalue weighted by molar-refractivity contribution is 0.00752. The Kier molecular flexibility index (Phi) is 2.65. The first-order valence-corrected chi connectivity index (χ1v) is 8.03. The third kappa shape index (κ3) is 1.89. The minimum atomic E-state index is 0.758. The molecule has 4 aliphatic carbocycles. The summed E-state index contributed by atoms with van der Waals surface area (Å²) in [5, 5.41) is 3.93. The molecule has 4 saturated carbocycles. The molecule has 5 rings (SSSR count). The van der Waals surface area contributed by atoms with Crippen molar-refractivity contribution in [2.75, 3.05) is 5.32 Å². The normalized spacial score (nSPS) is 39.6. The van der Waals surface area contributed by atoms with E-state index in [9.17, 15) is 0 Å². The van der Waals surface area contributed by atoms with E-state index < -0.39 is 0 Å². The monoisotopic (exact) mass is 255 g/mol. The maximum atomic E-state index is 3.93. The zero-order valence-corrected chi connectivity index (χ0v) is 12.2. The van der Waals surface area contributed by atoms with Crippen molar-refractivity contribution in [3.05, 3.63) is 29.3 Å². The first kappa shape index (κ1) is 11.8. The van der Waals surface area contributed by atoms with Gasteiger partial charge in [0.1, 0.15) is 0 Å². The molecule has 1 aromatic carbocycles. The summed E-state index contributed by atoms with van der Waals surface area (Å²) in [7, 11) is 0. The fourth-order valence-electron chi connectivity index (χ4n) is 5.25. The molecule has 0 spiro atoms. The highest BCUT2D eigenvalue weighted by Gasteiger charge is 2.48. The van der Waals surface area contributed by atoms with Crippen molar-refractivity contribution in [3.8, 4) is 0 Å². The van der Waals surface area contributed by atoms with E-state index in [0.717, 1.165) is 29.7 Å². The predicted octanol–water partition coefficient (Wildman–Crippen LogP) is 4.54. The van der Waals surface area contributed by atoms with Gasteiger partial charge in [-0.05, 0) is 86.8 Å². The lowest BCUT2D eigenvalue weighted by Crippen LogP contribution is -2.51. The Morgan fingerprint density at radius 1 is 0.895 bits per heavy atom. The number of benzene rings is 1. The summed E-state index contributed by atoms with van der Waals surface area (Å²) in [6.07, 6.45) is 7.53. The summed E-state index contributed by atoms with van der Waals surface area (Å²) in [5.74, 6) is 4.05. The third-order valence-corrected chi connectivity index (χ3v) is 6.15. The van der Waals surface area contributed by atoms with Crippen LogP contribution in [-0.2, 0) is 0 Å². The van der Waals surface area contributed by atoms with Gasteiger partial charge in [0.25, 0.3) is 0 Å². The highest BCUT2D eigenvalue weighted by atomic mass is 15.0. The van der Waals surface area contributed by atoms with Crippen molar-refractivity contribution >= 4 is 5.69 Å². The van der Waals surface area contributed by atoms with Crippen LogP contribution in [0.1, 0.15) is 43.2 Å². The van der Waals surface area contributed by atoms with Crippen molar-refractivity contribution < 1.29 is 0 Å². The molecule has 4 bridgehead atoms. The molecule has 19 heavy (non-hydrogen) atoms. The van der Waals surface area contributed by atoms with Crippen LogP contribution in [0.25, 0.3) is 0 Å². The molecule has 0 unspecified atom stereocenters. The second-order valence-corrected chi connectivity index (χ2v) is 7.35. The van der Waals surface area contributed by atoms with E-state index in [1.54, 1.807) is 6.42 Å². The van der Waals surface area contributed by atoms with Crippen LogP contribution >= 0.6 is 0 Å². The van der Waals surface area contributed by atoms with Gasteiger partial charge in [-0.15, -0.1) is 0 Å². The van der Waals surface area contributed by atoms with Gasteiger partial charge in [0.05, 0.1) is 0 Å². The van der Waals surface area contributed by atoms with Gasteiger partial charge in [-0.1, -0.05) is 12.1 Å². The molecule has 102 valence electrons. The molecule has 0 radical (unpaired) electrons. The Labute approximate surface area is 116 Å². The van der Waals surface area contributed by atoms with E-state index in [-0.39, 0.29) is 0 Å². The van der Waals surface area contributed by atoms with E-state index in [4.69, 9.17) is 0 Å². The Hall–Kier alpha value is -0.980. The Morgan fingerprint density at radius 3 is 2.16 bits per heavy atom. The molecule has 0 saturated heterocycles. The van der Waals surface area contributed by atoms with E-state index >= 15 is 0 Å². The maximum Gasteiger partial charge on any atom is 0.0374 e. The van der Waals surface area contributed by atoms with Gasteiger partial charge in [0, 0.05) is 11.7 Å². The standard InChI is InChI=1S/C18H25N/c1-11-4-3-5-17(12(11)2)19-18-15-7-13-6-14(9-15)10-16(18)8-13/h3-5,13-16,18-19H,6-10H2,1-2H3. The fraction of sp³-hybridized carbons (Fsp3) is 0.667. The van der Waals surface area contributed by atoms with Crippen molar-refractivity contribution in [1.29, 1.82) is 0 Å². The molecule has 0 aliphatic heterocycles. The smallest absolute Gasteiger partial charge is 0.0374 e. The van der Waals surface area contributed by atoms with Gasteiger partial charge >= 0.3 is 0 Å². The zero-order valence-electron chi connectivity index (χ0n) is 12.2. The van der Waals surface area contributed by atoms with E-state index in [1.165, 1.54) is 42.5 Å². The molecule has 1 heteroatoms. The van der Waals surface area contributed by atoms with Gasteiger partial charge in [-0.3, -0.25) is 0 Å². The maximum absolute atomic E-state index is 3.93. The molecular formula is C18H25N. The van der Waals surface area contributed by atoms with Gasteiger partial charge in [-0.25, -0.2) is 0 Å². The quantitative estimate of drug-likeness (QED) is 0.818. The minimum Gasteiger partial charge on any atom is -0.382 e. The van der Waals surface area contributed by atoms with Gasteiger partial charge < -0.3 is 5.32 Å². The molecule has 1 N–H and O–H groups in total. The van der Waals surface area contributed by atoms with Gasteiger partial charge in [0.2, 0.25) is 0 Å². The van der Waals surface area contributed by atoms with Crippen LogP contribution in [-0.4, -0.2) is 6.04 Å². The van der Waals surface area contributed by atoms with Gasteiger partial charge in [-0.2, -0.15) is 0 Å². The number of anilines is 1. The largest absolute Gasteiger partial charge is 0.382 e. The van der Waals surface area contributed by atoms with Crippen LogP contribution in [0.15, 0.2) is 18.2 Å². The highest BCUT2D eigenvalue weighted by Crippen LogP contribution is 2.54. The molecule has 1 aromatic rings. The molecule has 4 fully saturated rings. The fourth-order valence-corrected chi connectivity index (χ4v) is 5.25. The molecule has 0 amide bonds. The van der Waals surface area contributed by atoms with E-state index in [2.05, 4.69) is 37.4 Å². The van der Waals surface area contributed by atoms with Crippen LogP contribution in [0.2, 0.25) is 0 Å². The average molecular weight is 255 g/mol. The molecule has 4 aliphatic rings. The number of nitrogens with one attached hydrogen (secondary N) is 1. The molecule has 1 nitrogen and oxygen atoms in total. The van der Waals surface area contributed by atoms with Crippen LogP contribution in [0.4, 0.5) is 5.69 Å². The van der Waals surface area contributed by atoms with E-state index in [1.807, 2.05) is 0 Å². The lowest BCUT2D eigenvalue weighted by atomic mass is 9.54. The summed E-state index contributed by atoms with van der Waals surface area (Å²) in [4.78, 5) is 0. The predicted molar refractivity (Wildman–Crippen MR) is 80.4 cm³/mol. The van der Waals surface area contributed by atoms with Crippen LogP contribution < -0.4 is 5.32 Å². The average Bonchev–Trinajstić information content (AvgIpc) is 2.38. The van der Waals surface area contributed by atoms with Crippen molar-refractivity contribution in [2.45, 2.75) is 52.0 Å². The van der Waals surface area contributed by atoms with E-state index in [0.29, 0.717) is 0 Å². The minimum absolute atomic E-state index is 0.758. The van der Waals surface area contributed by atoms with Crippen molar-refractivity contribution in [3.63, 3.8) is 0 Å². The summed E-state index contributed by atoms with van der Waals surface area (Å²) in [6.45, 7) is 4.48. The number of rotatable bonds is 2. The van der Waals surface area contributed by atoms with Crippen LogP contribution in [0.3, 0.4) is 0 Å². The first-order chi connectivity index (χ1) is 9.20. The lowest BCUT2D eigenvalue weighted by Gasteiger charge is -2.54. The van der Waals surface area contributed by atoms with Crippen LogP contribution in [0.5, 0.6) is 0 Å². The zero-order chi connectivity index (χ0) is 13.0. The summed E-state index contributed by atoms with van der Waals surface area (Å²) in [6, 6.07) is 7.44. The van der Waals surface area contributed by atoms with Crippen molar-refractivity contribution in [1.82, 2.24) is 0 Å². The summed E-state index contributed by atoms with van der Waals surface area (Å²) >= 11 is 0. The second-order valence-electron chi connectivity index (χ2n) is 7.35. The number of hydrogen-bond donors (Lipinski definition) is 1. The molecule has 0 heterocycles. The van der Waals surface area contributed by atoms with Crippen molar-refractivity contribution in [2.24, 2.45) is 23.7 Å². The topological polar surface area (TPSA) is 12.0 Å². The molecular weight excluding hydrogens is 230 g/mol. The highest BCUT2D eigenvalue weighted by molar-refractivity contribution is 5.54. The van der Waals surface area contributed by atoms with Gasteiger partial charge in [0.15, 0.2) is 0 Å². The Morgan fingerprint density at radius 2 is 1.53 bits per heavy atom. The third-order valence-electron chi connectivity index (χ3n) is 6.15. The molecule has 0 atom stereocenters.